The minimum atomic E-state index is -0.790. The number of hydrogen-bond acceptors (Lipinski definition) is 4. The average molecular weight is 269 g/mol. The Hall–Kier alpha value is -2.11. The number of halogens is 1. The minimum absolute atomic E-state index is 0.0191. The standard InChI is InChI=1S/C13H16FNO4/c1-3-15(8-7-11(17)19-2)13(18)12-9(14)5-4-6-10(12)16/h4-6,16H,3,7-8H2,1-2H3. The number of hydrogen-bond donors (Lipinski definition) is 1. The highest BCUT2D eigenvalue weighted by Crippen LogP contribution is 2.21. The zero-order valence-corrected chi connectivity index (χ0v) is 10.9. The second-order valence-corrected chi connectivity index (χ2v) is 3.84. The summed E-state index contributed by atoms with van der Waals surface area (Å²) in [6.07, 6.45) is 0.0191. The summed E-state index contributed by atoms with van der Waals surface area (Å²) in [4.78, 5) is 24.4. The van der Waals surface area contributed by atoms with Crippen molar-refractivity contribution in [1.29, 1.82) is 0 Å². The number of esters is 1. The van der Waals surface area contributed by atoms with Crippen LogP contribution in [0.3, 0.4) is 0 Å². The highest BCUT2D eigenvalue weighted by atomic mass is 19.1. The molecule has 1 amide bonds. The summed E-state index contributed by atoms with van der Waals surface area (Å²) in [5.74, 6) is -2.31. The van der Waals surface area contributed by atoms with Gasteiger partial charge in [-0.2, -0.15) is 0 Å². The van der Waals surface area contributed by atoms with Gasteiger partial charge in [0.25, 0.3) is 5.91 Å². The molecule has 5 nitrogen and oxygen atoms in total. The molecule has 0 fully saturated rings. The van der Waals surface area contributed by atoms with Crippen LogP contribution in [0.25, 0.3) is 0 Å². The molecule has 0 atom stereocenters. The Morgan fingerprint density at radius 2 is 2.11 bits per heavy atom. The number of benzene rings is 1. The molecule has 0 aliphatic heterocycles. The third-order valence-electron chi connectivity index (χ3n) is 2.69. The zero-order chi connectivity index (χ0) is 14.4. The average Bonchev–Trinajstić information content (AvgIpc) is 2.38. The number of nitrogens with zero attached hydrogens (tertiary/aromatic N) is 1. The van der Waals surface area contributed by atoms with Gasteiger partial charge in [0.15, 0.2) is 0 Å². The molecule has 0 aliphatic rings. The van der Waals surface area contributed by atoms with Crippen molar-refractivity contribution in [2.45, 2.75) is 13.3 Å². The molecule has 0 spiro atoms. The van der Waals surface area contributed by atoms with E-state index in [-0.39, 0.29) is 18.5 Å². The van der Waals surface area contributed by atoms with Gasteiger partial charge in [0, 0.05) is 13.1 Å². The van der Waals surface area contributed by atoms with E-state index in [0.717, 1.165) is 6.07 Å². The molecule has 0 radical (unpaired) electrons. The number of phenolic OH excluding ortho intramolecular Hbond substituents is 1. The molecule has 104 valence electrons. The summed E-state index contributed by atoms with van der Waals surface area (Å²) in [5, 5.41) is 9.55. The van der Waals surface area contributed by atoms with Crippen molar-refractivity contribution in [3.8, 4) is 5.75 Å². The number of ether oxygens (including phenoxy) is 1. The molecule has 1 aromatic carbocycles. The summed E-state index contributed by atoms with van der Waals surface area (Å²) < 4.78 is 18.0. The monoisotopic (exact) mass is 269 g/mol. The Morgan fingerprint density at radius 3 is 2.63 bits per heavy atom. The Kier molecular flexibility index (Phi) is 5.29. The molecule has 0 bridgehead atoms. The molecule has 0 heterocycles. The second kappa shape index (κ2) is 6.72. The van der Waals surface area contributed by atoms with Gasteiger partial charge in [0.05, 0.1) is 13.5 Å². The largest absolute Gasteiger partial charge is 0.507 e. The van der Waals surface area contributed by atoms with E-state index in [0.29, 0.717) is 6.54 Å². The number of aromatic hydroxyl groups is 1. The first kappa shape index (κ1) is 14.9. The van der Waals surface area contributed by atoms with Crippen molar-refractivity contribution in [3.63, 3.8) is 0 Å². The van der Waals surface area contributed by atoms with Crippen molar-refractivity contribution in [3.05, 3.63) is 29.6 Å². The van der Waals surface area contributed by atoms with Crippen molar-refractivity contribution in [1.82, 2.24) is 4.90 Å². The van der Waals surface area contributed by atoms with E-state index >= 15 is 0 Å². The molecular weight excluding hydrogens is 253 g/mol. The molecular formula is C13H16FNO4. The molecule has 19 heavy (non-hydrogen) atoms. The summed E-state index contributed by atoms with van der Waals surface area (Å²) in [6.45, 7) is 2.10. The maximum atomic E-state index is 13.6. The van der Waals surface area contributed by atoms with E-state index in [4.69, 9.17) is 0 Å². The molecule has 1 rings (SSSR count). The first-order chi connectivity index (χ1) is 9.01. The van der Waals surface area contributed by atoms with Crippen LogP contribution >= 0.6 is 0 Å². The fourth-order valence-electron chi connectivity index (χ4n) is 1.61. The van der Waals surface area contributed by atoms with Gasteiger partial charge in [-0.05, 0) is 19.1 Å². The lowest BCUT2D eigenvalue weighted by molar-refractivity contribution is -0.140. The highest BCUT2D eigenvalue weighted by Gasteiger charge is 2.22. The van der Waals surface area contributed by atoms with E-state index in [1.807, 2.05) is 0 Å². The van der Waals surface area contributed by atoms with E-state index < -0.39 is 23.4 Å². The van der Waals surface area contributed by atoms with Crippen LogP contribution in [0.1, 0.15) is 23.7 Å². The minimum Gasteiger partial charge on any atom is -0.507 e. The molecule has 0 aliphatic carbocycles. The second-order valence-electron chi connectivity index (χ2n) is 3.84. The summed E-state index contributed by atoms with van der Waals surface area (Å²) in [5.41, 5.74) is -0.380. The lowest BCUT2D eigenvalue weighted by atomic mass is 10.1. The molecule has 0 unspecified atom stereocenters. The summed E-state index contributed by atoms with van der Waals surface area (Å²) in [6, 6.07) is 3.65. The van der Waals surface area contributed by atoms with Gasteiger partial charge in [0.1, 0.15) is 17.1 Å². The van der Waals surface area contributed by atoms with Gasteiger partial charge in [-0.25, -0.2) is 4.39 Å². The van der Waals surface area contributed by atoms with Gasteiger partial charge < -0.3 is 14.7 Å². The Labute approximate surface area is 110 Å². The topological polar surface area (TPSA) is 66.8 Å². The number of rotatable bonds is 5. The zero-order valence-electron chi connectivity index (χ0n) is 10.9. The number of methoxy groups -OCH3 is 1. The molecule has 1 aromatic rings. The molecule has 0 saturated heterocycles. The van der Waals surface area contributed by atoms with Gasteiger partial charge in [-0.1, -0.05) is 6.07 Å². The maximum Gasteiger partial charge on any atom is 0.307 e. The number of phenols is 1. The van der Waals surface area contributed by atoms with Gasteiger partial charge in [0.2, 0.25) is 0 Å². The first-order valence-electron chi connectivity index (χ1n) is 5.84. The first-order valence-corrected chi connectivity index (χ1v) is 5.84. The summed E-state index contributed by atoms with van der Waals surface area (Å²) in [7, 11) is 1.25. The number of amides is 1. The third-order valence-corrected chi connectivity index (χ3v) is 2.69. The van der Waals surface area contributed by atoms with Crippen LogP contribution in [0.5, 0.6) is 5.75 Å². The predicted octanol–water partition coefficient (Wildman–Crippen LogP) is 1.56. The van der Waals surface area contributed by atoms with E-state index in [1.165, 1.54) is 24.1 Å². The van der Waals surface area contributed by atoms with Crippen LogP contribution in [-0.2, 0) is 9.53 Å². The number of carbonyl (C=O) groups is 2. The quantitative estimate of drug-likeness (QED) is 0.824. The maximum absolute atomic E-state index is 13.6. The molecule has 0 aromatic heterocycles. The predicted molar refractivity (Wildman–Crippen MR) is 66.3 cm³/mol. The Balaban J connectivity index is 2.87. The van der Waals surface area contributed by atoms with Crippen LogP contribution in [0.4, 0.5) is 4.39 Å². The lowest BCUT2D eigenvalue weighted by Crippen LogP contribution is -2.33. The van der Waals surface area contributed by atoms with Crippen LogP contribution in [0.15, 0.2) is 18.2 Å². The normalized spacial score (nSPS) is 10.1. The molecule has 1 N–H and O–H groups in total. The van der Waals surface area contributed by atoms with E-state index in [9.17, 15) is 19.1 Å². The SMILES string of the molecule is CCN(CCC(=O)OC)C(=O)c1c(O)cccc1F. The third kappa shape index (κ3) is 3.67. The van der Waals surface area contributed by atoms with Crippen LogP contribution in [0.2, 0.25) is 0 Å². The van der Waals surface area contributed by atoms with E-state index in [1.54, 1.807) is 6.92 Å². The molecule has 6 heteroatoms. The van der Waals surface area contributed by atoms with Crippen molar-refractivity contribution in [2.24, 2.45) is 0 Å². The van der Waals surface area contributed by atoms with Crippen molar-refractivity contribution in [2.75, 3.05) is 20.2 Å². The smallest absolute Gasteiger partial charge is 0.307 e. The van der Waals surface area contributed by atoms with Crippen LogP contribution in [0, 0.1) is 5.82 Å². The van der Waals surface area contributed by atoms with Gasteiger partial charge >= 0.3 is 5.97 Å². The fourth-order valence-corrected chi connectivity index (χ4v) is 1.61. The van der Waals surface area contributed by atoms with Crippen LogP contribution < -0.4 is 0 Å². The summed E-state index contributed by atoms with van der Waals surface area (Å²) >= 11 is 0. The van der Waals surface area contributed by atoms with Gasteiger partial charge in [-0.3, -0.25) is 9.59 Å². The van der Waals surface area contributed by atoms with Crippen LogP contribution in [-0.4, -0.2) is 42.1 Å². The number of carbonyl (C=O) groups excluding carboxylic acids is 2. The Morgan fingerprint density at radius 1 is 1.42 bits per heavy atom. The van der Waals surface area contributed by atoms with E-state index in [2.05, 4.69) is 4.74 Å². The van der Waals surface area contributed by atoms with Crippen molar-refractivity contribution >= 4 is 11.9 Å². The van der Waals surface area contributed by atoms with Gasteiger partial charge in [-0.15, -0.1) is 0 Å². The molecule has 0 saturated carbocycles. The van der Waals surface area contributed by atoms with Crippen molar-refractivity contribution < 1.29 is 23.8 Å². The Bertz CT molecular complexity index is 455. The highest BCUT2D eigenvalue weighted by molar-refractivity contribution is 5.97. The lowest BCUT2D eigenvalue weighted by Gasteiger charge is -2.21. The fraction of sp³-hybridized carbons (Fsp3) is 0.385.